The van der Waals surface area contributed by atoms with Crippen molar-refractivity contribution in [3.8, 4) is 0 Å². The molecule has 0 aliphatic heterocycles. The van der Waals surface area contributed by atoms with Crippen LogP contribution in [0, 0.1) is 0 Å². The van der Waals surface area contributed by atoms with Gasteiger partial charge in [-0.05, 0) is 32.0 Å². The number of nitrogen functional groups attached to an aromatic ring is 1. The molecule has 0 saturated carbocycles. The molecule has 5 heteroatoms. The smallest absolute Gasteiger partial charge is 0.340 e. The van der Waals surface area contributed by atoms with Gasteiger partial charge in [-0.3, -0.25) is 0 Å². The maximum Gasteiger partial charge on any atom is 0.340 e. The minimum absolute atomic E-state index is 0.193. The maximum atomic E-state index is 11.6. The van der Waals surface area contributed by atoms with E-state index in [-0.39, 0.29) is 6.10 Å². The lowest BCUT2D eigenvalue weighted by Crippen LogP contribution is -2.15. The Hall–Kier alpha value is -1.75. The van der Waals surface area contributed by atoms with Crippen molar-refractivity contribution in [3.05, 3.63) is 23.8 Å². The molecule has 3 N–H and O–H groups in total. The van der Waals surface area contributed by atoms with Gasteiger partial charge in [0.05, 0.1) is 25.4 Å². The molecule has 0 saturated heterocycles. The number of nitrogens with two attached hydrogens (primary N) is 1. The first-order valence-corrected chi connectivity index (χ1v) is 5.88. The lowest BCUT2D eigenvalue weighted by atomic mass is 10.1. The van der Waals surface area contributed by atoms with Crippen LogP contribution in [0.1, 0.15) is 24.2 Å². The third kappa shape index (κ3) is 4.25. The number of nitrogens with one attached hydrogen (secondary N) is 1. The molecule has 0 unspecified atom stereocenters. The van der Waals surface area contributed by atoms with Gasteiger partial charge in [0.25, 0.3) is 0 Å². The average molecular weight is 252 g/mol. The molecule has 0 heterocycles. The Kier molecular flexibility index (Phi) is 5.45. The van der Waals surface area contributed by atoms with Crippen molar-refractivity contribution in [1.29, 1.82) is 0 Å². The number of esters is 1. The molecule has 1 aromatic rings. The van der Waals surface area contributed by atoms with Crippen LogP contribution in [0.4, 0.5) is 11.4 Å². The quantitative estimate of drug-likeness (QED) is 0.459. The van der Waals surface area contributed by atoms with Crippen molar-refractivity contribution in [1.82, 2.24) is 0 Å². The minimum atomic E-state index is -0.408. The standard InChI is InChI=1S/C13H20N2O3/c1-9(2)18-7-6-15-12-5-4-10(14)8-11(12)13(16)17-3/h4-5,8-9,15H,6-7,14H2,1-3H3. The SMILES string of the molecule is COC(=O)c1cc(N)ccc1NCCOC(C)C. The van der Waals surface area contributed by atoms with Gasteiger partial charge in [0.1, 0.15) is 0 Å². The van der Waals surface area contributed by atoms with Crippen LogP contribution in [-0.4, -0.2) is 32.3 Å². The van der Waals surface area contributed by atoms with Gasteiger partial charge in [0.2, 0.25) is 0 Å². The summed E-state index contributed by atoms with van der Waals surface area (Å²) in [4.78, 5) is 11.6. The van der Waals surface area contributed by atoms with Crippen molar-refractivity contribution in [3.63, 3.8) is 0 Å². The summed E-state index contributed by atoms with van der Waals surface area (Å²) in [7, 11) is 1.34. The Bertz CT molecular complexity index is 405. The van der Waals surface area contributed by atoms with Gasteiger partial charge in [-0.25, -0.2) is 4.79 Å². The van der Waals surface area contributed by atoms with E-state index in [2.05, 4.69) is 5.32 Å². The number of benzene rings is 1. The number of carbonyl (C=O) groups is 1. The molecular weight excluding hydrogens is 232 g/mol. The number of hydrogen-bond acceptors (Lipinski definition) is 5. The molecule has 0 atom stereocenters. The van der Waals surface area contributed by atoms with Crippen molar-refractivity contribution in [2.24, 2.45) is 0 Å². The summed E-state index contributed by atoms with van der Waals surface area (Å²) in [6.07, 6.45) is 0.193. The zero-order valence-corrected chi connectivity index (χ0v) is 11.0. The number of carbonyl (C=O) groups excluding carboxylic acids is 1. The van der Waals surface area contributed by atoms with Gasteiger partial charge in [0, 0.05) is 17.9 Å². The Labute approximate surface area is 107 Å². The Morgan fingerprint density at radius 3 is 2.78 bits per heavy atom. The first kappa shape index (κ1) is 14.3. The highest BCUT2D eigenvalue weighted by molar-refractivity contribution is 5.96. The van der Waals surface area contributed by atoms with Crippen LogP contribution in [0.15, 0.2) is 18.2 Å². The van der Waals surface area contributed by atoms with Gasteiger partial charge >= 0.3 is 5.97 Å². The summed E-state index contributed by atoms with van der Waals surface area (Å²) in [6.45, 7) is 5.14. The van der Waals surface area contributed by atoms with Crippen molar-refractivity contribution < 1.29 is 14.3 Å². The number of ether oxygens (including phenoxy) is 2. The van der Waals surface area contributed by atoms with Crippen molar-refractivity contribution in [2.75, 3.05) is 31.3 Å². The normalized spacial score (nSPS) is 10.4. The third-order valence-corrected chi connectivity index (χ3v) is 2.32. The van der Waals surface area contributed by atoms with Crippen LogP contribution in [0.2, 0.25) is 0 Å². The summed E-state index contributed by atoms with van der Waals surface area (Å²) < 4.78 is 10.1. The van der Waals surface area contributed by atoms with E-state index < -0.39 is 5.97 Å². The molecule has 0 aromatic heterocycles. The van der Waals surface area contributed by atoms with Gasteiger partial charge in [-0.1, -0.05) is 0 Å². The fraction of sp³-hybridized carbons (Fsp3) is 0.462. The highest BCUT2D eigenvalue weighted by atomic mass is 16.5. The zero-order valence-electron chi connectivity index (χ0n) is 11.0. The van der Waals surface area contributed by atoms with Gasteiger partial charge in [0.15, 0.2) is 0 Å². The lowest BCUT2D eigenvalue weighted by Gasteiger charge is -2.12. The highest BCUT2D eigenvalue weighted by Gasteiger charge is 2.11. The summed E-state index contributed by atoms with van der Waals surface area (Å²) in [5.41, 5.74) is 7.31. The van der Waals surface area contributed by atoms with Crippen LogP contribution < -0.4 is 11.1 Å². The fourth-order valence-corrected chi connectivity index (χ4v) is 1.48. The summed E-state index contributed by atoms with van der Waals surface area (Å²) in [6, 6.07) is 5.09. The second-order valence-electron chi connectivity index (χ2n) is 4.14. The largest absolute Gasteiger partial charge is 0.465 e. The van der Waals surface area contributed by atoms with E-state index in [1.807, 2.05) is 13.8 Å². The van der Waals surface area contributed by atoms with Gasteiger partial charge < -0.3 is 20.5 Å². The number of hydrogen-bond donors (Lipinski definition) is 2. The van der Waals surface area contributed by atoms with E-state index in [0.29, 0.717) is 30.1 Å². The summed E-state index contributed by atoms with van der Waals surface area (Å²) in [5.74, 6) is -0.408. The molecule has 0 bridgehead atoms. The Morgan fingerprint density at radius 2 is 2.17 bits per heavy atom. The van der Waals surface area contributed by atoms with Crippen LogP contribution in [0.5, 0.6) is 0 Å². The molecule has 18 heavy (non-hydrogen) atoms. The molecule has 0 radical (unpaired) electrons. The molecule has 0 spiro atoms. The third-order valence-electron chi connectivity index (χ3n) is 2.32. The number of methoxy groups -OCH3 is 1. The first-order valence-electron chi connectivity index (χ1n) is 5.88. The van der Waals surface area contributed by atoms with E-state index >= 15 is 0 Å². The van der Waals surface area contributed by atoms with E-state index in [1.165, 1.54) is 7.11 Å². The lowest BCUT2D eigenvalue weighted by molar-refractivity contribution is 0.0601. The van der Waals surface area contributed by atoms with E-state index in [4.69, 9.17) is 15.2 Å². The number of rotatable bonds is 6. The van der Waals surface area contributed by atoms with Crippen LogP contribution in [0.25, 0.3) is 0 Å². The molecule has 1 rings (SSSR count). The van der Waals surface area contributed by atoms with Gasteiger partial charge in [-0.15, -0.1) is 0 Å². The molecule has 0 aliphatic carbocycles. The predicted molar refractivity (Wildman–Crippen MR) is 71.8 cm³/mol. The summed E-state index contributed by atoms with van der Waals surface area (Å²) >= 11 is 0. The van der Waals surface area contributed by atoms with E-state index in [1.54, 1.807) is 18.2 Å². The van der Waals surface area contributed by atoms with E-state index in [9.17, 15) is 4.79 Å². The molecule has 5 nitrogen and oxygen atoms in total. The van der Waals surface area contributed by atoms with Crippen molar-refractivity contribution in [2.45, 2.75) is 20.0 Å². The van der Waals surface area contributed by atoms with E-state index in [0.717, 1.165) is 0 Å². The van der Waals surface area contributed by atoms with Crippen LogP contribution in [0.3, 0.4) is 0 Å². The molecule has 0 fully saturated rings. The van der Waals surface area contributed by atoms with Crippen molar-refractivity contribution >= 4 is 17.3 Å². The van der Waals surface area contributed by atoms with Crippen LogP contribution >= 0.6 is 0 Å². The highest BCUT2D eigenvalue weighted by Crippen LogP contribution is 2.19. The zero-order chi connectivity index (χ0) is 13.5. The molecule has 100 valence electrons. The minimum Gasteiger partial charge on any atom is -0.465 e. The Morgan fingerprint density at radius 1 is 1.44 bits per heavy atom. The van der Waals surface area contributed by atoms with Gasteiger partial charge in [-0.2, -0.15) is 0 Å². The maximum absolute atomic E-state index is 11.6. The topological polar surface area (TPSA) is 73.6 Å². The first-order chi connectivity index (χ1) is 8.54. The Balaban J connectivity index is 2.66. The molecule has 0 amide bonds. The monoisotopic (exact) mass is 252 g/mol. The molecule has 1 aromatic carbocycles. The summed E-state index contributed by atoms with van der Waals surface area (Å²) in [5, 5.41) is 3.13. The average Bonchev–Trinajstić information content (AvgIpc) is 2.34. The van der Waals surface area contributed by atoms with Crippen LogP contribution in [-0.2, 0) is 9.47 Å². The molecular formula is C13H20N2O3. The predicted octanol–water partition coefficient (Wildman–Crippen LogP) is 1.89. The second kappa shape index (κ2) is 6.86. The number of anilines is 2. The fourth-order valence-electron chi connectivity index (χ4n) is 1.48. The molecule has 0 aliphatic rings. The second-order valence-corrected chi connectivity index (χ2v) is 4.14.